The number of anilines is 2. The van der Waals surface area contributed by atoms with E-state index >= 15 is 0 Å². The third-order valence-electron chi connectivity index (χ3n) is 6.08. The van der Waals surface area contributed by atoms with Gasteiger partial charge in [0.2, 0.25) is 17.7 Å². The summed E-state index contributed by atoms with van der Waals surface area (Å²) in [5, 5.41) is 7.52. The second kappa shape index (κ2) is 10.7. The number of hydrogen-bond donors (Lipinski definition) is 2. The minimum Gasteiger partial charge on any atom is -0.494 e. The molecule has 4 heterocycles. The Bertz CT molecular complexity index is 1220. The number of nitrogens with two attached hydrogens (primary N) is 1. The van der Waals surface area contributed by atoms with Gasteiger partial charge in [-0.2, -0.15) is 19.5 Å². The molecule has 11 nitrogen and oxygen atoms in total. The lowest BCUT2D eigenvalue weighted by Crippen LogP contribution is -2.44. The van der Waals surface area contributed by atoms with Crippen LogP contribution in [-0.2, 0) is 6.42 Å². The molecule has 1 saturated heterocycles. The number of ether oxygens (including phenoxy) is 1. The quantitative estimate of drug-likeness (QED) is 0.328. The number of nitrogens with zero attached hydrogens (tertiary/aromatic N) is 7. The van der Waals surface area contributed by atoms with Gasteiger partial charge in [0.25, 0.3) is 5.78 Å². The summed E-state index contributed by atoms with van der Waals surface area (Å²) in [5.41, 5.74) is 7.23. The monoisotopic (exact) mass is 477 g/mol. The molecule has 0 saturated carbocycles. The molecule has 0 spiro atoms. The predicted octanol–water partition coefficient (Wildman–Crippen LogP) is 2.03. The SMILES string of the molecule is CN1CCN(CCCOc2ccc(CCNc3nc(N)n4nc(-c5ccco5)nc4n3)cc2)CC1. The summed E-state index contributed by atoms with van der Waals surface area (Å²) in [6.45, 7) is 7.08. The van der Waals surface area contributed by atoms with Crippen LogP contribution in [0.3, 0.4) is 0 Å². The number of piperazine rings is 1. The zero-order valence-electron chi connectivity index (χ0n) is 19.9. The van der Waals surface area contributed by atoms with Crippen molar-refractivity contribution >= 4 is 17.7 Å². The van der Waals surface area contributed by atoms with E-state index in [1.807, 2.05) is 12.1 Å². The molecule has 0 amide bonds. The van der Waals surface area contributed by atoms with E-state index in [0.29, 0.717) is 29.9 Å². The van der Waals surface area contributed by atoms with Gasteiger partial charge in [0.15, 0.2) is 5.76 Å². The van der Waals surface area contributed by atoms with E-state index in [1.54, 1.807) is 18.4 Å². The average Bonchev–Trinajstić information content (AvgIpc) is 3.54. The maximum absolute atomic E-state index is 6.04. The Morgan fingerprint density at radius 1 is 1.06 bits per heavy atom. The highest BCUT2D eigenvalue weighted by atomic mass is 16.5. The van der Waals surface area contributed by atoms with Gasteiger partial charge in [0.05, 0.1) is 12.9 Å². The molecule has 1 fully saturated rings. The third-order valence-corrected chi connectivity index (χ3v) is 6.08. The van der Waals surface area contributed by atoms with E-state index in [1.165, 1.54) is 10.1 Å². The van der Waals surface area contributed by atoms with Crippen LogP contribution in [0, 0.1) is 0 Å². The number of fused-ring (bicyclic) bond motifs is 1. The first-order chi connectivity index (χ1) is 17.1. The number of benzene rings is 1. The van der Waals surface area contributed by atoms with Gasteiger partial charge >= 0.3 is 0 Å². The summed E-state index contributed by atoms with van der Waals surface area (Å²) in [5.74, 6) is 2.84. The van der Waals surface area contributed by atoms with Crippen molar-refractivity contribution in [2.24, 2.45) is 0 Å². The van der Waals surface area contributed by atoms with Crippen LogP contribution in [0.15, 0.2) is 47.1 Å². The fourth-order valence-corrected chi connectivity index (χ4v) is 4.02. The van der Waals surface area contributed by atoms with Crippen LogP contribution in [-0.4, -0.2) is 87.3 Å². The number of likely N-dealkylation sites (N-methyl/N-ethyl adjacent to an activating group) is 1. The molecule has 0 unspecified atom stereocenters. The predicted molar refractivity (Wildman–Crippen MR) is 133 cm³/mol. The fraction of sp³-hybridized carbons (Fsp3) is 0.417. The summed E-state index contributed by atoms with van der Waals surface area (Å²) >= 11 is 0. The van der Waals surface area contributed by atoms with Crippen LogP contribution in [0.25, 0.3) is 17.4 Å². The number of aromatic nitrogens is 5. The number of rotatable bonds is 10. The number of nitrogen functional groups attached to an aromatic ring is 1. The van der Waals surface area contributed by atoms with Crippen molar-refractivity contribution in [1.29, 1.82) is 0 Å². The standard InChI is InChI=1S/C24H31N9O2/c1-31-12-14-32(15-13-31)11-3-17-34-19-7-5-18(6-8-19)9-10-26-23-28-22(25)33-24(29-23)27-21(30-33)20-4-2-16-35-20/h2,4-8,16H,3,9-15,17H2,1H3,(H3,25,26,27,28,29,30). The van der Waals surface area contributed by atoms with Crippen LogP contribution >= 0.6 is 0 Å². The summed E-state index contributed by atoms with van der Waals surface area (Å²) in [6.07, 6.45) is 3.41. The fourth-order valence-electron chi connectivity index (χ4n) is 4.02. The van der Waals surface area contributed by atoms with Crippen molar-refractivity contribution in [2.45, 2.75) is 12.8 Å². The Morgan fingerprint density at radius 2 is 1.89 bits per heavy atom. The van der Waals surface area contributed by atoms with E-state index in [9.17, 15) is 0 Å². The molecule has 1 aliphatic heterocycles. The third kappa shape index (κ3) is 5.87. The Labute approximate surface area is 203 Å². The van der Waals surface area contributed by atoms with Crippen LogP contribution in [0.5, 0.6) is 5.75 Å². The topological polar surface area (TPSA) is 123 Å². The lowest BCUT2D eigenvalue weighted by Gasteiger charge is -2.32. The van der Waals surface area contributed by atoms with E-state index in [4.69, 9.17) is 14.9 Å². The minimum atomic E-state index is 0.205. The lowest BCUT2D eigenvalue weighted by molar-refractivity contribution is 0.145. The zero-order chi connectivity index (χ0) is 24.0. The molecular weight excluding hydrogens is 446 g/mol. The first-order valence-electron chi connectivity index (χ1n) is 11.9. The van der Waals surface area contributed by atoms with Crippen molar-refractivity contribution in [3.8, 4) is 17.3 Å². The van der Waals surface area contributed by atoms with Gasteiger partial charge in [-0.15, -0.1) is 5.10 Å². The van der Waals surface area contributed by atoms with E-state index in [-0.39, 0.29) is 5.95 Å². The van der Waals surface area contributed by atoms with Crippen LogP contribution < -0.4 is 15.8 Å². The Balaban J connectivity index is 1.07. The first kappa shape index (κ1) is 23.1. The van der Waals surface area contributed by atoms with Gasteiger partial charge in [-0.25, -0.2) is 0 Å². The van der Waals surface area contributed by atoms with Crippen molar-refractivity contribution in [2.75, 3.05) is 64.0 Å². The molecule has 35 heavy (non-hydrogen) atoms. The highest BCUT2D eigenvalue weighted by Crippen LogP contribution is 2.18. The highest BCUT2D eigenvalue weighted by molar-refractivity contribution is 5.52. The van der Waals surface area contributed by atoms with Crippen molar-refractivity contribution < 1.29 is 9.15 Å². The number of furan rings is 1. The van der Waals surface area contributed by atoms with E-state index < -0.39 is 0 Å². The normalized spacial score (nSPS) is 15.0. The molecule has 3 N–H and O–H groups in total. The van der Waals surface area contributed by atoms with Gasteiger partial charge in [-0.3, -0.25) is 0 Å². The summed E-state index contributed by atoms with van der Waals surface area (Å²) < 4.78 is 12.7. The maximum atomic E-state index is 6.04. The van der Waals surface area contributed by atoms with Crippen LogP contribution in [0.4, 0.5) is 11.9 Å². The molecule has 0 radical (unpaired) electrons. The number of hydrogen-bond acceptors (Lipinski definition) is 10. The molecule has 0 bridgehead atoms. The second-order valence-corrected chi connectivity index (χ2v) is 8.70. The molecule has 0 aliphatic carbocycles. The Morgan fingerprint density at radius 3 is 2.66 bits per heavy atom. The second-order valence-electron chi connectivity index (χ2n) is 8.70. The van der Waals surface area contributed by atoms with Crippen LogP contribution in [0.2, 0.25) is 0 Å². The molecule has 0 atom stereocenters. The van der Waals surface area contributed by atoms with E-state index in [2.05, 4.69) is 54.3 Å². The van der Waals surface area contributed by atoms with Gasteiger partial charge in [0, 0.05) is 39.3 Å². The van der Waals surface area contributed by atoms with Gasteiger partial charge in [-0.1, -0.05) is 12.1 Å². The van der Waals surface area contributed by atoms with Gasteiger partial charge in [-0.05, 0) is 49.7 Å². The van der Waals surface area contributed by atoms with Crippen molar-refractivity contribution in [1.82, 2.24) is 34.4 Å². The van der Waals surface area contributed by atoms with E-state index in [0.717, 1.165) is 57.9 Å². The van der Waals surface area contributed by atoms with Crippen molar-refractivity contribution in [3.05, 3.63) is 48.2 Å². The maximum Gasteiger partial charge on any atom is 0.259 e. The highest BCUT2D eigenvalue weighted by Gasteiger charge is 2.14. The average molecular weight is 478 g/mol. The van der Waals surface area contributed by atoms with Crippen molar-refractivity contribution in [3.63, 3.8) is 0 Å². The van der Waals surface area contributed by atoms with Crippen LogP contribution in [0.1, 0.15) is 12.0 Å². The van der Waals surface area contributed by atoms with Gasteiger partial charge < -0.3 is 30.0 Å². The molecule has 184 valence electrons. The number of nitrogens with one attached hydrogen (secondary N) is 1. The Kier molecular flexibility index (Phi) is 7.05. The smallest absolute Gasteiger partial charge is 0.259 e. The molecule has 1 aliphatic rings. The molecule has 3 aromatic heterocycles. The first-order valence-corrected chi connectivity index (χ1v) is 11.9. The lowest BCUT2D eigenvalue weighted by atomic mass is 10.1. The van der Waals surface area contributed by atoms with Gasteiger partial charge in [0.1, 0.15) is 5.75 Å². The molecule has 11 heteroatoms. The largest absolute Gasteiger partial charge is 0.494 e. The zero-order valence-corrected chi connectivity index (χ0v) is 19.9. The molecule has 4 aromatic rings. The molecule has 5 rings (SSSR count). The summed E-state index contributed by atoms with van der Waals surface area (Å²) in [6, 6.07) is 11.8. The Hall–Kier alpha value is -3.70. The molecule has 1 aromatic carbocycles. The molecular formula is C24H31N9O2. The summed E-state index contributed by atoms with van der Waals surface area (Å²) in [7, 11) is 2.18. The minimum absolute atomic E-state index is 0.205. The summed E-state index contributed by atoms with van der Waals surface area (Å²) in [4.78, 5) is 18.0.